The summed E-state index contributed by atoms with van der Waals surface area (Å²) in [5.41, 5.74) is 2.23. The number of aliphatic hydroxyl groups is 1. The molecule has 2 N–H and O–H groups in total. The first kappa shape index (κ1) is 17.3. The van der Waals surface area contributed by atoms with E-state index in [-0.39, 0.29) is 11.9 Å². The van der Waals surface area contributed by atoms with E-state index in [2.05, 4.69) is 12.1 Å². The number of phenolic OH excluding ortho intramolecular Hbond substituents is 1. The van der Waals surface area contributed by atoms with Gasteiger partial charge in [-0.25, -0.2) is 0 Å². The van der Waals surface area contributed by atoms with Crippen LogP contribution in [0.4, 0.5) is 0 Å². The minimum absolute atomic E-state index is 0.0228. The predicted octanol–water partition coefficient (Wildman–Crippen LogP) is 3.80. The van der Waals surface area contributed by atoms with Crippen LogP contribution >= 0.6 is 0 Å². The van der Waals surface area contributed by atoms with E-state index in [0.29, 0.717) is 6.42 Å². The second-order valence-corrected chi connectivity index (χ2v) is 5.64. The van der Waals surface area contributed by atoms with Gasteiger partial charge in [-0.3, -0.25) is 0 Å². The Labute approximate surface area is 137 Å². The van der Waals surface area contributed by atoms with Gasteiger partial charge in [0.15, 0.2) is 0 Å². The number of ether oxygens (including phenoxy) is 1. The van der Waals surface area contributed by atoms with Crippen molar-refractivity contribution in [3.05, 3.63) is 71.8 Å². The molecular formula is C20H24O3. The number of rotatable bonds is 8. The zero-order valence-electron chi connectivity index (χ0n) is 13.4. The first-order valence-electron chi connectivity index (χ1n) is 7.89. The van der Waals surface area contributed by atoms with Crippen LogP contribution in [0.2, 0.25) is 0 Å². The Hall–Kier alpha value is -2.10. The van der Waals surface area contributed by atoms with Crippen LogP contribution in [0.5, 0.6) is 5.75 Å². The molecule has 3 nitrogen and oxygen atoms in total. The summed E-state index contributed by atoms with van der Waals surface area (Å²) in [5.74, 6) is 0.239. The molecule has 2 atom stereocenters. The molecule has 0 amide bonds. The molecule has 2 aromatic rings. The molecule has 0 fully saturated rings. The van der Waals surface area contributed by atoms with E-state index in [4.69, 9.17) is 4.74 Å². The maximum atomic E-state index is 10.1. The molecular weight excluding hydrogens is 288 g/mol. The van der Waals surface area contributed by atoms with Crippen LogP contribution in [0, 0.1) is 0 Å². The third-order valence-electron chi connectivity index (χ3n) is 3.84. The van der Waals surface area contributed by atoms with Crippen molar-refractivity contribution >= 4 is 6.08 Å². The lowest BCUT2D eigenvalue weighted by atomic mass is 10.0. The Bertz CT molecular complexity index is 590. The minimum atomic E-state index is -0.551. The molecule has 0 bridgehead atoms. The monoisotopic (exact) mass is 312 g/mol. The maximum absolute atomic E-state index is 10.1. The van der Waals surface area contributed by atoms with Gasteiger partial charge in [0, 0.05) is 13.5 Å². The van der Waals surface area contributed by atoms with Crippen molar-refractivity contribution in [2.45, 2.75) is 31.5 Å². The van der Waals surface area contributed by atoms with Gasteiger partial charge in [-0.05, 0) is 36.1 Å². The SMILES string of the molecule is CO[C@@H](CCc1ccccc1)C[C@H](O)C=Cc1ccc(O)cc1. The summed E-state index contributed by atoms with van der Waals surface area (Å²) in [6.07, 6.45) is 5.48. The molecule has 3 heteroatoms. The molecule has 0 aliphatic rings. The molecule has 0 aliphatic carbocycles. The number of hydrogen-bond acceptors (Lipinski definition) is 3. The van der Waals surface area contributed by atoms with Gasteiger partial charge in [0.25, 0.3) is 0 Å². The summed E-state index contributed by atoms with van der Waals surface area (Å²) in [6, 6.07) is 17.2. The topological polar surface area (TPSA) is 49.7 Å². The van der Waals surface area contributed by atoms with Gasteiger partial charge in [-0.1, -0.05) is 54.6 Å². The van der Waals surface area contributed by atoms with E-state index in [0.717, 1.165) is 18.4 Å². The number of aliphatic hydroxyl groups excluding tert-OH is 1. The fraction of sp³-hybridized carbons (Fsp3) is 0.300. The van der Waals surface area contributed by atoms with Crippen LogP contribution in [-0.4, -0.2) is 29.5 Å². The summed E-state index contributed by atoms with van der Waals surface area (Å²) in [7, 11) is 1.69. The van der Waals surface area contributed by atoms with Crippen molar-refractivity contribution in [3.63, 3.8) is 0 Å². The van der Waals surface area contributed by atoms with E-state index in [1.807, 2.05) is 36.4 Å². The fourth-order valence-corrected chi connectivity index (χ4v) is 2.46. The number of methoxy groups -OCH3 is 1. The maximum Gasteiger partial charge on any atom is 0.115 e. The quantitative estimate of drug-likeness (QED) is 0.779. The van der Waals surface area contributed by atoms with Crippen molar-refractivity contribution in [1.82, 2.24) is 0 Å². The standard InChI is InChI=1S/C20H24O3/c1-23-20(14-10-16-5-3-2-4-6-16)15-19(22)13-9-17-7-11-18(21)12-8-17/h2-9,11-13,19-22H,10,14-15H2,1H3/t19-,20+/m1/s1. The van der Waals surface area contributed by atoms with E-state index in [1.54, 1.807) is 25.3 Å². The first-order valence-corrected chi connectivity index (χ1v) is 7.89. The van der Waals surface area contributed by atoms with E-state index in [1.165, 1.54) is 5.56 Å². The van der Waals surface area contributed by atoms with E-state index < -0.39 is 6.10 Å². The molecule has 2 rings (SSSR count). The molecule has 122 valence electrons. The largest absolute Gasteiger partial charge is 0.508 e. The van der Waals surface area contributed by atoms with Gasteiger partial charge < -0.3 is 14.9 Å². The van der Waals surface area contributed by atoms with Crippen molar-refractivity contribution < 1.29 is 14.9 Å². The molecule has 0 saturated carbocycles. The molecule has 0 aliphatic heterocycles. The zero-order valence-corrected chi connectivity index (χ0v) is 13.4. The highest BCUT2D eigenvalue weighted by Gasteiger charge is 2.12. The average molecular weight is 312 g/mol. The third-order valence-corrected chi connectivity index (χ3v) is 3.84. The highest BCUT2D eigenvalue weighted by molar-refractivity contribution is 5.50. The van der Waals surface area contributed by atoms with Gasteiger partial charge in [-0.15, -0.1) is 0 Å². The summed E-state index contributed by atoms with van der Waals surface area (Å²) in [4.78, 5) is 0. The van der Waals surface area contributed by atoms with Crippen LogP contribution in [0.3, 0.4) is 0 Å². The molecule has 2 aromatic carbocycles. The molecule has 23 heavy (non-hydrogen) atoms. The summed E-state index contributed by atoms with van der Waals surface area (Å²) in [6.45, 7) is 0. The lowest BCUT2D eigenvalue weighted by molar-refractivity contribution is 0.0548. The number of hydrogen-bond donors (Lipinski definition) is 2. The summed E-state index contributed by atoms with van der Waals surface area (Å²) in [5, 5.41) is 19.4. The lowest BCUT2D eigenvalue weighted by Gasteiger charge is -2.17. The van der Waals surface area contributed by atoms with Crippen LogP contribution in [-0.2, 0) is 11.2 Å². The van der Waals surface area contributed by atoms with Crippen LogP contribution in [0.1, 0.15) is 24.0 Å². The van der Waals surface area contributed by atoms with Gasteiger partial charge in [-0.2, -0.15) is 0 Å². The van der Waals surface area contributed by atoms with Crippen molar-refractivity contribution in [3.8, 4) is 5.75 Å². The smallest absolute Gasteiger partial charge is 0.115 e. The number of benzene rings is 2. The van der Waals surface area contributed by atoms with Crippen LogP contribution in [0.15, 0.2) is 60.7 Å². The fourth-order valence-electron chi connectivity index (χ4n) is 2.46. The average Bonchev–Trinajstić information content (AvgIpc) is 2.59. The van der Waals surface area contributed by atoms with Gasteiger partial charge in [0.1, 0.15) is 5.75 Å². The molecule has 0 aromatic heterocycles. The van der Waals surface area contributed by atoms with E-state index >= 15 is 0 Å². The predicted molar refractivity (Wildman–Crippen MR) is 93.3 cm³/mol. The Kier molecular flexibility index (Phi) is 6.85. The Morgan fingerprint density at radius 3 is 2.39 bits per heavy atom. The van der Waals surface area contributed by atoms with Crippen molar-refractivity contribution in [2.24, 2.45) is 0 Å². The number of aromatic hydroxyl groups is 1. The third kappa shape index (κ3) is 6.27. The van der Waals surface area contributed by atoms with E-state index in [9.17, 15) is 10.2 Å². The van der Waals surface area contributed by atoms with Crippen molar-refractivity contribution in [1.29, 1.82) is 0 Å². The van der Waals surface area contributed by atoms with Crippen LogP contribution in [0.25, 0.3) is 6.08 Å². The molecule has 0 unspecified atom stereocenters. The van der Waals surface area contributed by atoms with Gasteiger partial charge >= 0.3 is 0 Å². The second kappa shape index (κ2) is 9.13. The zero-order chi connectivity index (χ0) is 16.5. The molecule has 0 heterocycles. The second-order valence-electron chi connectivity index (χ2n) is 5.64. The molecule has 0 radical (unpaired) electrons. The Balaban J connectivity index is 1.81. The number of phenols is 1. The molecule has 0 saturated heterocycles. The Morgan fingerprint density at radius 2 is 1.74 bits per heavy atom. The molecule has 0 spiro atoms. The highest BCUT2D eigenvalue weighted by atomic mass is 16.5. The number of aryl methyl sites for hydroxylation is 1. The van der Waals surface area contributed by atoms with Crippen LogP contribution < -0.4 is 0 Å². The van der Waals surface area contributed by atoms with Gasteiger partial charge in [0.2, 0.25) is 0 Å². The Morgan fingerprint density at radius 1 is 1.04 bits per heavy atom. The minimum Gasteiger partial charge on any atom is -0.508 e. The summed E-state index contributed by atoms with van der Waals surface area (Å²) >= 11 is 0. The first-order chi connectivity index (χ1) is 11.2. The summed E-state index contributed by atoms with van der Waals surface area (Å²) < 4.78 is 5.48. The lowest BCUT2D eigenvalue weighted by Crippen LogP contribution is -2.19. The van der Waals surface area contributed by atoms with Crippen molar-refractivity contribution in [2.75, 3.05) is 7.11 Å². The normalized spacial score (nSPS) is 14.0. The van der Waals surface area contributed by atoms with Gasteiger partial charge in [0.05, 0.1) is 12.2 Å². The highest BCUT2D eigenvalue weighted by Crippen LogP contribution is 2.14.